The van der Waals surface area contributed by atoms with E-state index < -0.39 is 18.0 Å². The van der Waals surface area contributed by atoms with Gasteiger partial charge in [-0.05, 0) is 44.2 Å². The topological polar surface area (TPSA) is 89.9 Å². The second-order valence-electron chi connectivity index (χ2n) is 7.76. The van der Waals surface area contributed by atoms with Crippen LogP contribution in [0.15, 0.2) is 11.3 Å². The van der Waals surface area contributed by atoms with Crippen LogP contribution in [0.3, 0.4) is 0 Å². The maximum absolute atomic E-state index is 12.5. The van der Waals surface area contributed by atoms with Gasteiger partial charge < -0.3 is 20.4 Å². The first-order chi connectivity index (χ1) is 12.0. The molecule has 7 heteroatoms. The monoisotopic (exact) mass is 366 g/mol. The fourth-order valence-corrected chi connectivity index (χ4v) is 6.57. The Morgan fingerprint density at radius 2 is 2.20 bits per heavy atom. The van der Waals surface area contributed by atoms with E-state index in [1.165, 1.54) is 11.3 Å². The van der Waals surface area contributed by atoms with Crippen LogP contribution in [0.4, 0.5) is 0 Å². The number of nitrogens with zero attached hydrogens (tertiary/aromatic N) is 1. The number of carboxylic acid groups (broad SMARTS) is 1. The van der Waals surface area contributed by atoms with Gasteiger partial charge in [0.2, 0.25) is 5.91 Å². The van der Waals surface area contributed by atoms with Gasteiger partial charge in [0.05, 0.1) is 18.1 Å². The van der Waals surface area contributed by atoms with E-state index in [1.54, 1.807) is 6.92 Å². The van der Waals surface area contributed by atoms with Gasteiger partial charge in [0.15, 0.2) is 0 Å². The number of carbonyl (C=O) groups excluding carboxylic acids is 1. The molecule has 1 aliphatic carbocycles. The number of thioether (sulfide) groups is 1. The van der Waals surface area contributed by atoms with Crippen LogP contribution in [0.2, 0.25) is 0 Å². The predicted molar refractivity (Wildman–Crippen MR) is 95.0 cm³/mol. The Bertz CT molecular complexity index is 614. The summed E-state index contributed by atoms with van der Waals surface area (Å²) in [6.45, 7) is 3.74. The molecular weight excluding hydrogens is 340 g/mol. The van der Waals surface area contributed by atoms with E-state index in [2.05, 4.69) is 5.32 Å². The summed E-state index contributed by atoms with van der Waals surface area (Å²) < 4.78 is 0. The van der Waals surface area contributed by atoms with Crippen LogP contribution in [0.25, 0.3) is 0 Å². The highest BCUT2D eigenvalue weighted by Crippen LogP contribution is 2.54. The molecule has 3 fully saturated rings. The number of hydrogen-bond donors (Lipinski definition) is 3. The zero-order valence-corrected chi connectivity index (χ0v) is 15.3. The number of β-lactam (4-membered cyclic amide) rings is 1. The summed E-state index contributed by atoms with van der Waals surface area (Å²) in [6.07, 6.45) is 3.45. The van der Waals surface area contributed by atoms with Crippen molar-refractivity contribution in [3.8, 4) is 0 Å². The number of rotatable bonds is 5. The fourth-order valence-electron chi connectivity index (χ4n) is 5.20. The molecule has 1 amide bonds. The van der Waals surface area contributed by atoms with Crippen molar-refractivity contribution >= 4 is 23.6 Å². The van der Waals surface area contributed by atoms with Crippen molar-refractivity contribution in [3.63, 3.8) is 0 Å². The van der Waals surface area contributed by atoms with Crippen LogP contribution < -0.4 is 5.32 Å². The number of aliphatic hydroxyl groups is 1. The number of nitrogens with one attached hydrogen (secondary N) is 1. The predicted octanol–water partition coefficient (Wildman–Crippen LogP) is 1.06. The molecule has 0 spiro atoms. The summed E-state index contributed by atoms with van der Waals surface area (Å²) in [6, 6.07) is -0.144. The molecule has 3 aliphatic heterocycles. The third-order valence-corrected chi connectivity index (χ3v) is 7.76. The Balaban J connectivity index is 1.59. The standard InChI is InChI=1S/C18H26N2O4S/c1-9(21)13-15-12-4-2-3-10(8-25-11-5-6-19-7-11)14(12)16(18(23)24)20(15)17(13)22/h9-13,15,19,21H,2-8H2,1H3,(H,23,24)/t9-,10+,11+,12+,13-,15-/m1/s1. The Morgan fingerprint density at radius 3 is 2.84 bits per heavy atom. The molecule has 3 heterocycles. The third kappa shape index (κ3) is 2.71. The highest BCUT2D eigenvalue weighted by molar-refractivity contribution is 7.99. The number of carboxylic acids is 1. The number of fused-ring (bicyclic) bond motifs is 3. The molecule has 138 valence electrons. The third-order valence-electron chi connectivity index (χ3n) is 6.29. The Labute approximate surface area is 152 Å². The Kier molecular flexibility index (Phi) is 4.58. The molecule has 0 aromatic heterocycles. The molecule has 0 bridgehead atoms. The molecule has 1 saturated carbocycles. The van der Waals surface area contributed by atoms with Gasteiger partial charge in [-0.25, -0.2) is 4.79 Å². The van der Waals surface area contributed by atoms with Crippen molar-refractivity contribution in [1.82, 2.24) is 10.2 Å². The highest BCUT2D eigenvalue weighted by Gasteiger charge is 2.62. The summed E-state index contributed by atoms with van der Waals surface area (Å²) in [5, 5.41) is 23.8. The van der Waals surface area contributed by atoms with Gasteiger partial charge in [0, 0.05) is 23.5 Å². The normalized spacial score (nSPS) is 38.4. The lowest BCUT2D eigenvalue weighted by Crippen LogP contribution is -2.64. The molecule has 4 rings (SSSR count). The van der Waals surface area contributed by atoms with Crippen molar-refractivity contribution in [2.24, 2.45) is 17.8 Å². The molecule has 25 heavy (non-hydrogen) atoms. The number of aliphatic carboxylic acids is 1. The highest BCUT2D eigenvalue weighted by atomic mass is 32.2. The van der Waals surface area contributed by atoms with Gasteiger partial charge in [-0.3, -0.25) is 4.79 Å². The zero-order valence-electron chi connectivity index (χ0n) is 14.5. The van der Waals surface area contributed by atoms with E-state index in [9.17, 15) is 19.8 Å². The molecule has 0 unspecified atom stereocenters. The SMILES string of the molecule is C[C@@H](O)[C@H]1C(=O)N2C(C(=O)O)=C3[C@H](CS[C@H]4CCNC4)CCC[C@@H]3[C@H]12. The zero-order chi connectivity index (χ0) is 17.7. The van der Waals surface area contributed by atoms with E-state index in [-0.39, 0.29) is 29.5 Å². The van der Waals surface area contributed by atoms with Crippen LogP contribution >= 0.6 is 11.8 Å². The summed E-state index contributed by atoms with van der Waals surface area (Å²) in [7, 11) is 0. The van der Waals surface area contributed by atoms with E-state index in [1.807, 2.05) is 11.8 Å². The van der Waals surface area contributed by atoms with E-state index in [0.717, 1.165) is 43.7 Å². The number of hydrogen-bond acceptors (Lipinski definition) is 5. The van der Waals surface area contributed by atoms with E-state index in [4.69, 9.17) is 0 Å². The van der Waals surface area contributed by atoms with E-state index in [0.29, 0.717) is 5.25 Å². The first-order valence-electron chi connectivity index (χ1n) is 9.31. The fraction of sp³-hybridized carbons (Fsp3) is 0.778. The number of amides is 1. The van der Waals surface area contributed by atoms with Gasteiger partial charge in [-0.15, -0.1) is 0 Å². The maximum Gasteiger partial charge on any atom is 0.352 e. The number of aliphatic hydroxyl groups excluding tert-OH is 1. The summed E-state index contributed by atoms with van der Waals surface area (Å²) in [4.78, 5) is 25.9. The largest absolute Gasteiger partial charge is 0.477 e. The summed E-state index contributed by atoms with van der Waals surface area (Å²) in [5.74, 6) is -0.358. The molecular formula is C18H26N2O4S. The molecule has 6 atom stereocenters. The van der Waals surface area contributed by atoms with Crippen molar-refractivity contribution in [2.45, 2.75) is 50.0 Å². The minimum absolute atomic E-state index is 0.115. The average molecular weight is 366 g/mol. The average Bonchev–Trinajstić information content (AvgIpc) is 3.17. The summed E-state index contributed by atoms with van der Waals surface area (Å²) in [5.41, 5.74) is 1.21. The van der Waals surface area contributed by atoms with Gasteiger partial charge in [0.25, 0.3) is 0 Å². The van der Waals surface area contributed by atoms with Gasteiger partial charge >= 0.3 is 5.97 Å². The molecule has 0 radical (unpaired) electrons. The van der Waals surface area contributed by atoms with Gasteiger partial charge in [-0.1, -0.05) is 6.42 Å². The minimum atomic E-state index is -0.987. The van der Waals surface area contributed by atoms with Crippen LogP contribution in [-0.2, 0) is 9.59 Å². The summed E-state index contributed by atoms with van der Waals surface area (Å²) >= 11 is 1.94. The minimum Gasteiger partial charge on any atom is -0.477 e. The lowest BCUT2D eigenvalue weighted by atomic mass is 9.70. The van der Waals surface area contributed by atoms with Crippen LogP contribution in [0, 0.1) is 17.8 Å². The molecule has 6 nitrogen and oxygen atoms in total. The van der Waals surface area contributed by atoms with Crippen molar-refractivity contribution < 1.29 is 19.8 Å². The lowest BCUT2D eigenvalue weighted by molar-refractivity contribution is -0.163. The van der Waals surface area contributed by atoms with Gasteiger partial charge in [0.1, 0.15) is 5.70 Å². The lowest BCUT2D eigenvalue weighted by Gasteiger charge is -2.47. The van der Waals surface area contributed by atoms with Crippen LogP contribution in [0.5, 0.6) is 0 Å². The first kappa shape index (κ1) is 17.4. The molecule has 4 aliphatic rings. The van der Waals surface area contributed by atoms with Crippen LogP contribution in [0.1, 0.15) is 32.6 Å². The van der Waals surface area contributed by atoms with Crippen LogP contribution in [-0.4, -0.2) is 63.2 Å². The quantitative estimate of drug-likeness (QED) is 0.631. The molecule has 3 N–H and O–H groups in total. The van der Waals surface area contributed by atoms with Crippen molar-refractivity contribution in [2.75, 3.05) is 18.8 Å². The van der Waals surface area contributed by atoms with Crippen molar-refractivity contribution in [3.05, 3.63) is 11.3 Å². The van der Waals surface area contributed by atoms with Gasteiger partial charge in [-0.2, -0.15) is 11.8 Å². The maximum atomic E-state index is 12.5. The second kappa shape index (κ2) is 6.59. The second-order valence-corrected chi connectivity index (χ2v) is 9.09. The Hall–Kier alpha value is -1.05. The molecule has 0 aromatic carbocycles. The van der Waals surface area contributed by atoms with Crippen molar-refractivity contribution in [1.29, 1.82) is 0 Å². The molecule has 0 aromatic rings. The van der Waals surface area contributed by atoms with E-state index >= 15 is 0 Å². The number of carbonyl (C=O) groups is 2. The smallest absolute Gasteiger partial charge is 0.352 e. The Morgan fingerprint density at radius 1 is 1.40 bits per heavy atom. The molecule has 2 saturated heterocycles. The first-order valence-corrected chi connectivity index (χ1v) is 10.4.